The number of aryl methyl sites for hydroxylation is 1. The summed E-state index contributed by atoms with van der Waals surface area (Å²) >= 11 is 0. The largest absolute Gasteiger partial charge is 0.475 e. The molecule has 4 nitrogen and oxygen atoms in total. The van der Waals surface area contributed by atoms with Gasteiger partial charge in [-0.25, -0.2) is 4.79 Å². The zero-order valence-electron chi connectivity index (χ0n) is 15.1. The number of carbonyl (C=O) groups is 1. The van der Waals surface area contributed by atoms with E-state index in [0.717, 1.165) is 36.1 Å². The third kappa shape index (κ3) is 3.75. The summed E-state index contributed by atoms with van der Waals surface area (Å²) in [6.45, 7) is 7.64. The van der Waals surface area contributed by atoms with Gasteiger partial charge in [-0.3, -0.25) is 0 Å². The predicted octanol–water partition coefficient (Wildman–Crippen LogP) is 3.88. The van der Waals surface area contributed by atoms with Gasteiger partial charge in [-0.2, -0.15) is 0 Å². The highest BCUT2D eigenvalue weighted by molar-refractivity contribution is 5.83. The van der Waals surface area contributed by atoms with E-state index >= 15 is 0 Å². The van der Waals surface area contributed by atoms with Crippen molar-refractivity contribution in [1.29, 1.82) is 0 Å². The Bertz CT molecular complexity index is 625. The highest BCUT2D eigenvalue weighted by atomic mass is 16.6. The van der Waals surface area contributed by atoms with Crippen LogP contribution < -0.4 is 4.74 Å². The molecule has 4 heteroatoms. The molecule has 2 saturated carbocycles. The lowest BCUT2D eigenvalue weighted by Gasteiger charge is -2.26. The lowest BCUT2D eigenvalue weighted by atomic mass is 9.95. The van der Waals surface area contributed by atoms with Crippen LogP contribution in [0.3, 0.4) is 0 Å². The van der Waals surface area contributed by atoms with Gasteiger partial charge in [0.05, 0.1) is 6.10 Å². The molecule has 2 aliphatic rings. The van der Waals surface area contributed by atoms with Crippen LogP contribution in [0.2, 0.25) is 0 Å². The van der Waals surface area contributed by atoms with Gasteiger partial charge in [-0.05, 0) is 70.1 Å². The van der Waals surface area contributed by atoms with E-state index in [2.05, 4.69) is 12.1 Å². The van der Waals surface area contributed by atoms with Crippen LogP contribution in [0.4, 0.5) is 0 Å². The second-order valence-electron chi connectivity index (χ2n) is 8.30. The third-order valence-electron chi connectivity index (χ3n) is 4.79. The van der Waals surface area contributed by atoms with Gasteiger partial charge in [0, 0.05) is 12.8 Å². The Morgan fingerprint density at radius 2 is 1.96 bits per heavy atom. The van der Waals surface area contributed by atoms with Crippen molar-refractivity contribution in [3.05, 3.63) is 29.3 Å². The first-order valence-electron chi connectivity index (χ1n) is 8.90. The fourth-order valence-electron chi connectivity index (χ4n) is 3.35. The lowest BCUT2D eigenvalue weighted by Crippen LogP contribution is -2.37. The van der Waals surface area contributed by atoms with Gasteiger partial charge in [0.15, 0.2) is 0 Å². The minimum atomic E-state index is -0.826. The Balaban J connectivity index is 1.82. The van der Waals surface area contributed by atoms with Crippen molar-refractivity contribution in [1.82, 2.24) is 0 Å². The normalized spacial score (nSPS) is 25.4. The summed E-state index contributed by atoms with van der Waals surface area (Å²) in [6, 6.07) is 6.16. The minimum absolute atomic E-state index is 0.232. The van der Waals surface area contributed by atoms with Crippen LogP contribution in [0.25, 0.3) is 0 Å². The molecule has 1 aromatic carbocycles. The van der Waals surface area contributed by atoms with Gasteiger partial charge >= 0.3 is 5.97 Å². The van der Waals surface area contributed by atoms with Gasteiger partial charge < -0.3 is 14.6 Å². The Hall–Kier alpha value is -1.55. The van der Waals surface area contributed by atoms with Crippen molar-refractivity contribution in [2.75, 3.05) is 0 Å². The molecule has 0 heterocycles. The van der Waals surface area contributed by atoms with Crippen LogP contribution in [0, 0.1) is 6.92 Å². The number of hydrogen-bond donors (Lipinski definition) is 1. The first-order valence-corrected chi connectivity index (χ1v) is 8.90. The second-order valence-corrected chi connectivity index (χ2v) is 8.30. The summed E-state index contributed by atoms with van der Waals surface area (Å²) in [4.78, 5) is 12.5. The Labute approximate surface area is 144 Å². The number of hydrogen-bond acceptors (Lipinski definition) is 4. The maximum atomic E-state index is 12.5. The summed E-state index contributed by atoms with van der Waals surface area (Å²) in [7, 11) is 0. The standard InChI is InChI=1S/C20H28O4/c1-13-5-8-16(14-6-7-15(21)12-14)17(11-13)23-20(9-10-20)18(22)24-19(2,3)4/h5,8,11,14-15,21H,6-7,9-10,12H2,1-4H3. The maximum Gasteiger partial charge on any atom is 0.351 e. The average molecular weight is 332 g/mol. The topological polar surface area (TPSA) is 55.8 Å². The van der Waals surface area contributed by atoms with Crippen LogP contribution in [0.15, 0.2) is 18.2 Å². The van der Waals surface area contributed by atoms with E-state index < -0.39 is 11.2 Å². The molecule has 24 heavy (non-hydrogen) atoms. The van der Waals surface area contributed by atoms with Crippen molar-refractivity contribution in [3.63, 3.8) is 0 Å². The summed E-state index contributed by atoms with van der Waals surface area (Å²) in [5.41, 5.74) is 0.868. The Morgan fingerprint density at radius 1 is 1.25 bits per heavy atom. The van der Waals surface area contributed by atoms with E-state index in [0.29, 0.717) is 18.8 Å². The van der Waals surface area contributed by atoms with Crippen LogP contribution in [-0.4, -0.2) is 28.4 Å². The number of benzene rings is 1. The fourth-order valence-corrected chi connectivity index (χ4v) is 3.35. The zero-order valence-corrected chi connectivity index (χ0v) is 15.1. The summed E-state index contributed by atoms with van der Waals surface area (Å²) in [6.07, 6.45) is 3.71. The van der Waals surface area contributed by atoms with Gasteiger partial charge in [0.1, 0.15) is 11.4 Å². The van der Waals surface area contributed by atoms with E-state index in [4.69, 9.17) is 9.47 Å². The average Bonchev–Trinajstić information content (AvgIpc) is 3.12. The van der Waals surface area contributed by atoms with Crippen molar-refractivity contribution in [2.24, 2.45) is 0 Å². The molecule has 0 spiro atoms. The van der Waals surface area contributed by atoms with Crippen molar-refractivity contribution >= 4 is 5.97 Å². The highest BCUT2D eigenvalue weighted by Crippen LogP contribution is 2.46. The van der Waals surface area contributed by atoms with Gasteiger partial charge in [0.2, 0.25) is 5.60 Å². The van der Waals surface area contributed by atoms with Gasteiger partial charge in [-0.1, -0.05) is 12.1 Å². The number of esters is 1. The molecule has 1 N–H and O–H groups in total. The number of aliphatic hydroxyl groups excluding tert-OH is 1. The Kier molecular flexibility index (Phi) is 4.37. The molecule has 0 saturated heterocycles. The molecule has 0 bridgehead atoms. The fraction of sp³-hybridized carbons (Fsp3) is 0.650. The van der Waals surface area contributed by atoms with Crippen LogP contribution >= 0.6 is 0 Å². The molecule has 2 unspecified atom stereocenters. The molecular formula is C20H28O4. The predicted molar refractivity (Wildman–Crippen MR) is 92.2 cm³/mol. The SMILES string of the molecule is Cc1ccc(C2CCC(O)C2)c(OC2(C(=O)OC(C)(C)C)CC2)c1. The zero-order chi connectivity index (χ0) is 17.5. The third-order valence-corrected chi connectivity index (χ3v) is 4.79. The van der Waals surface area contributed by atoms with Gasteiger partial charge in [-0.15, -0.1) is 0 Å². The highest BCUT2D eigenvalue weighted by Gasteiger charge is 2.55. The summed E-state index contributed by atoms with van der Waals surface area (Å²) in [5.74, 6) is 0.802. The first kappa shape index (κ1) is 17.3. The number of ether oxygens (including phenoxy) is 2. The Morgan fingerprint density at radius 3 is 2.50 bits per heavy atom. The smallest absolute Gasteiger partial charge is 0.351 e. The molecular weight excluding hydrogens is 304 g/mol. The molecule has 2 aliphatic carbocycles. The van der Waals surface area contributed by atoms with Crippen molar-refractivity contribution < 1.29 is 19.4 Å². The quantitative estimate of drug-likeness (QED) is 0.850. The molecule has 2 atom stereocenters. The second kappa shape index (κ2) is 6.07. The van der Waals surface area contributed by atoms with Crippen LogP contribution in [0.5, 0.6) is 5.75 Å². The molecule has 0 aromatic heterocycles. The first-order chi connectivity index (χ1) is 11.2. The van der Waals surface area contributed by atoms with E-state index in [-0.39, 0.29) is 12.1 Å². The minimum Gasteiger partial charge on any atom is -0.475 e. The molecule has 3 rings (SSSR count). The monoisotopic (exact) mass is 332 g/mol. The van der Waals surface area contributed by atoms with E-state index in [1.807, 2.05) is 33.8 Å². The van der Waals surface area contributed by atoms with Crippen molar-refractivity contribution in [3.8, 4) is 5.75 Å². The van der Waals surface area contributed by atoms with Crippen LogP contribution in [-0.2, 0) is 9.53 Å². The lowest BCUT2D eigenvalue weighted by molar-refractivity contribution is -0.165. The van der Waals surface area contributed by atoms with Gasteiger partial charge in [0.25, 0.3) is 0 Å². The maximum absolute atomic E-state index is 12.5. The molecule has 132 valence electrons. The molecule has 1 aromatic rings. The van der Waals surface area contributed by atoms with Crippen LogP contribution in [0.1, 0.15) is 69.9 Å². The van der Waals surface area contributed by atoms with E-state index in [9.17, 15) is 9.90 Å². The molecule has 0 radical (unpaired) electrons. The molecule has 0 amide bonds. The summed E-state index contributed by atoms with van der Waals surface area (Å²) < 4.78 is 11.8. The van der Waals surface area contributed by atoms with E-state index in [1.54, 1.807) is 0 Å². The molecule has 0 aliphatic heterocycles. The van der Waals surface area contributed by atoms with Crippen molar-refractivity contribution in [2.45, 2.75) is 83.0 Å². The number of rotatable bonds is 4. The summed E-state index contributed by atoms with van der Waals surface area (Å²) in [5, 5.41) is 9.85. The molecule has 2 fully saturated rings. The number of aliphatic hydroxyl groups is 1. The number of carbonyl (C=O) groups excluding carboxylic acids is 1. The van der Waals surface area contributed by atoms with E-state index in [1.165, 1.54) is 0 Å².